The van der Waals surface area contributed by atoms with Crippen molar-refractivity contribution in [2.24, 2.45) is 0 Å². The van der Waals surface area contributed by atoms with Crippen molar-refractivity contribution < 1.29 is 23.1 Å². The fraction of sp³-hybridized carbons (Fsp3) is 0.350. The molecule has 2 heterocycles. The minimum absolute atomic E-state index is 0.0683. The van der Waals surface area contributed by atoms with E-state index in [-0.39, 0.29) is 41.4 Å². The molecule has 1 aromatic heterocycles. The van der Waals surface area contributed by atoms with Gasteiger partial charge in [-0.3, -0.25) is 9.59 Å². The number of carbonyl (C=O) groups excluding carboxylic acids is 2. The minimum Gasteiger partial charge on any atom is -0.431 e. The average molecular weight is 424 g/mol. The van der Waals surface area contributed by atoms with Crippen molar-refractivity contribution in [1.82, 2.24) is 10.3 Å². The van der Waals surface area contributed by atoms with Gasteiger partial charge in [0.15, 0.2) is 11.6 Å². The Morgan fingerprint density at radius 3 is 2.69 bits per heavy atom. The molecule has 2 aromatic rings. The molecule has 1 atom stereocenters. The van der Waals surface area contributed by atoms with Gasteiger partial charge in [0.25, 0.3) is 0 Å². The number of benzene rings is 1. The third-order valence-corrected chi connectivity index (χ3v) is 5.06. The first-order valence-electron chi connectivity index (χ1n) is 9.01. The van der Waals surface area contributed by atoms with Crippen LogP contribution < -0.4 is 15.4 Å². The number of amides is 2. The van der Waals surface area contributed by atoms with Crippen LogP contribution in [-0.4, -0.2) is 30.0 Å². The van der Waals surface area contributed by atoms with Crippen LogP contribution in [0.2, 0.25) is 5.02 Å². The molecule has 154 valence electrons. The van der Waals surface area contributed by atoms with Crippen molar-refractivity contribution >= 4 is 29.2 Å². The Morgan fingerprint density at radius 1 is 1.34 bits per heavy atom. The SMILES string of the molecule is CC(C)c1ccccc1C1(C(=O)Nc2ncc(Cl)cc2OC(F)F)CNC(=O)C1. The van der Waals surface area contributed by atoms with Gasteiger partial charge >= 0.3 is 6.61 Å². The summed E-state index contributed by atoms with van der Waals surface area (Å²) in [4.78, 5) is 29.4. The molecule has 2 amide bonds. The maximum atomic E-state index is 13.4. The molecular formula is C20H20ClF2N3O3. The largest absolute Gasteiger partial charge is 0.431 e. The van der Waals surface area contributed by atoms with E-state index in [9.17, 15) is 18.4 Å². The third kappa shape index (κ3) is 4.32. The second-order valence-electron chi connectivity index (χ2n) is 7.11. The predicted molar refractivity (Wildman–Crippen MR) is 104 cm³/mol. The van der Waals surface area contributed by atoms with Crippen LogP contribution in [0.4, 0.5) is 14.6 Å². The first-order chi connectivity index (χ1) is 13.7. The van der Waals surface area contributed by atoms with Gasteiger partial charge in [0, 0.05) is 25.2 Å². The maximum Gasteiger partial charge on any atom is 0.387 e. The number of pyridine rings is 1. The molecule has 0 saturated carbocycles. The number of nitrogens with one attached hydrogen (secondary N) is 2. The molecule has 0 bridgehead atoms. The molecule has 1 aliphatic heterocycles. The normalized spacial score (nSPS) is 18.8. The van der Waals surface area contributed by atoms with Crippen molar-refractivity contribution in [2.45, 2.75) is 38.2 Å². The number of hydrogen-bond donors (Lipinski definition) is 2. The molecule has 6 nitrogen and oxygen atoms in total. The molecular weight excluding hydrogens is 404 g/mol. The molecule has 29 heavy (non-hydrogen) atoms. The van der Waals surface area contributed by atoms with Crippen LogP contribution in [0.15, 0.2) is 36.5 Å². The van der Waals surface area contributed by atoms with Gasteiger partial charge in [-0.15, -0.1) is 0 Å². The van der Waals surface area contributed by atoms with Crippen molar-refractivity contribution in [1.29, 1.82) is 0 Å². The van der Waals surface area contributed by atoms with Gasteiger partial charge in [0.2, 0.25) is 11.8 Å². The molecule has 2 N–H and O–H groups in total. The highest BCUT2D eigenvalue weighted by Crippen LogP contribution is 2.38. The summed E-state index contributed by atoms with van der Waals surface area (Å²) in [6, 6.07) is 8.52. The summed E-state index contributed by atoms with van der Waals surface area (Å²) in [6.45, 7) is 0.949. The summed E-state index contributed by atoms with van der Waals surface area (Å²) in [6.07, 6.45) is 1.14. The highest BCUT2D eigenvalue weighted by Gasteiger charge is 2.48. The highest BCUT2D eigenvalue weighted by atomic mass is 35.5. The lowest BCUT2D eigenvalue weighted by Gasteiger charge is -2.30. The average Bonchev–Trinajstić information content (AvgIpc) is 3.06. The molecule has 1 saturated heterocycles. The second-order valence-corrected chi connectivity index (χ2v) is 7.55. The summed E-state index contributed by atoms with van der Waals surface area (Å²) < 4.78 is 29.9. The monoisotopic (exact) mass is 423 g/mol. The zero-order chi connectivity index (χ0) is 21.2. The van der Waals surface area contributed by atoms with Gasteiger partial charge in [0.1, 0.15) is 5.41 Å². The number of alkyl halides is 2. The van der Waals surface area contributed by atoms with Crippen molar-refractivity contribution in [3.63, 3.8) is 0 Å². The van der Waals surface area contributed by atoms with Gasteiger partial charge < -0.3 is 15.4 Å². The molecule has 9 heteroatoms. The maximum absolute atomic E-state index is 13.4. The standard InChI is InChI=1S/C20H20ClF2N3O3/c1-11(2)13-5-3-4-6-14(13)20(8-16(27)25-10-20)18(28)26-17-15(29-19(22)23)7-12(21)9-24-17/h3-7,9,11,19H,8,10H2,1-2H3,(H,25,27)(H,24,26,28). The number of carbonyl (C=O) groups is 2. The molecule has 3 rings (SSSR count). The number of rotatable bonds is 6. The summed E-state index contributed by atoms with van der Waals surface area (Å²) in [5.74, 6) is -1.26. The number of halogens is 3. The minimum atomic E-state index is -3.11. The van der Waals surface area contributed by atoms with Gasteiger partial charge in [-0.1, -0.05) is 49.7 Å². The zero-order valence-electron chi connectivity index (χ0n) is 15.8. The number of ether oxygens (including phenoxy) is 1. The van der Waals surface area contributed by atoms with Crippen LogP contribution in [0.3, 0.4) is 0 Å². The van der Waals surface area contributed by atoms with Gasteiger partial charge in [-0.25, -0.2) is 4.98 Å². The smallest absolute Gasteiger partial charge is 0.387 e. The van der Waals surface area contributed by atoms with E-state index in [2.05, 4.69) is 20.4 Å². The summed E-state index contributed by atoms with van der Waals surface area (Å²) in [7, 11) is 0. The van der Waals surface area contributed by atoms with E-state index in [1.165, 1.54) is 6.20 Å². The van der Waals surface area contributed by atoms with E-state index >= 15 is 0 Å². The van der Waals surface area contributed by atoms with Crippen molar-refractivity contribution in [3.05, 3.63) is 52.7 Å². The van der Waals surface area contributed by atoms with Crippen LogP contribution in [0, 0.1) is 0 Å². The molecule has 1 fully saturated rings. The molecule has 0 radical (unpaired) electrons. The van der Waals surface area contributed by atoms with E-state index in [1.807, 2.05) is 26.0 Å². The van der Waals surface area contributed by atoms with Crippen LogP contribution in [-0.2, 0) is 15.0 Å². The number of aromatic nitrogens is 1. The molecule has 1 aliphatic rings. The first kappa shape index (κ1) is 21.0. The van der Waals surface area contributed by atoms with E-state index in [4.69, 9.17) is 11.6 Å². The Hall–Kier alpha value is -2.74. The Morgan fingerprint density at radius 2 is 2.07 bits per heavy atom. The molecule has 1 unspecified atom stereocenters. The summed E-state index contributed by atoms with van der Waals surface area (Å²) in [5.41, 5.74) is 0.421. The lowest BCUT2D eigenvalue weighted by atomic mass is 9.74. The quantitative estimate of drug-likeness (QED) is 0.739. The Bertz CT molecular complexity index is 939. The van der Waals surface area contributed by atoms with E-state index < -0.39 is 17.9 Å². The Kier molecular flexibility index (Phi) is 6.02. The summed E-state index contributed by atoms with van der Waals surface area (Å²) >= 11 is 5.81. The van der Waals surface area contributed by atoms with Gasteiger partial charge in [0.05, 0.1) is 5.02 Å². The van der Waals surface area contributed by atoms with Crippen LogP contribution >= 0.6 is 11.6 Å². The topological polar surface area (TPSA) is 80.3 Å². The lowest BCUT2D eigenvalue weighted by molar-refractivity contribution is -0.124. The number of anilines is 1. The van der Waals surface area contributed by atoms with Crippen LogP contribution in [0.5, 0.6) is 5.75 Å². The van der Waals surface area contributed by atoms with Gasteiger partial charge in [-0.2, -0.15) is 8.78 Å². The fourth-order valence-corrected chi connectivity index (χ4v) is 3.63. The lowest BCUT2D eigenvalue weighted by Crippen LogP contribution is -2.43. The van der Waals surface area contributed by atoms with E-state index in [1.54, 1.807) is 12.1 Å². The van der Waals surface area contributed by atoms with Crippen molar-refractivity contribution in [3.8, 4) is 5.75 Å². The van der Waals surface area contributed by atoms with E-state index in [0.717, 1.165) is 11.6 Å². The molecule has 1 aromatic carbocycles. The molecule has 0 aliphatic carbocycles. The Balaban J connectivity index is 2.02. The van der Waals surface area contributed by atoms with Crippen LogP contribution in [0.25, 0.3) is 0 Å². The van der Waals surface area contributed by atoms with Crippen LogP contribution in [0.1, 0.15) is 37.3 Å². The Labute approximate surface area is 171 Å². The number of nitrogens with zero attached hydrogens (tertiary/aromatic N) is 1. The summed E-state index contributed by atoms with van der Waals surface area (Å²) in [5, 5.41) is 5.34. The highest BCUT2D eigenvalue weighted by molar-refractivity contribution is 6.30. The predicted octanol–water partition coefficient (Wildman–Crippen LogP) is 3.86. The second kappa shape index (κ2) is 8.32. The van der Waals surface area contributed by atoms with Crippen molar-refractivity contribution in [2.75, 3.05) is 11.9 Å². The first-order valence-corrected chi connectivity index (χ1v) is 9.38. The van der Waals surface area contributed by atoms with Gasteiger partial charge in [-0.05, 0) is 17.0 Å². The zero-order valence-corrected chi connectivity index (χ0v) is 16.6. The fourth-order valence-electron chi connectivity index (χ4n) is 3.49. The van der Waals surface area contributed by atoms with E-state index in [0.29, 0.717) is 5.56 Å². The third-order valence-electron chi connectivity index (χ3n) is 4.85. The molecule has 0 spiro atoms. The number of hydrogen-bond acceptors (Lipinski definition) is 4.